The van der Waals surface area contributed by atoms with Gasteiger partial charge in [0.2, 0.25) is 0 Å². The van der Waals surface area contributed by atoms with Crippen molar-refractivity contribution in [3.8, 4) is 17.2 Å². The lowest BCUT2D eigenvalue weighted by Crippen LogP contribution is -2.48. The highest BCUT2D eigenvalue weighted by Crippen LogP contribution is 2.26. The first-order valence-corrected chi connectivity index (χ1v) is 10.7. The Labute approximate surface area is 184 Å². The third-order valence-corrected chi connectivity index (χ3v) is 5.35. The molecule has 0 aliphatic carbocycles. The highest BCUT2D eigenvalue weighted by molar-refractivity contribution is 5.97. The standard InChI is InChI=1S/C24H32N2O5/c1-4-30-15-16-31-23-8-6-5-7-21(23)24(27)26-13-11-25(12-14-26)18-19-17-20(28-2)9-10-22(19)29-3/h5-10,17H,4,11-16,18H2,1-3H3. The molecular weight excluding hydrogens is 396 g/mol. The lowest BCUT2D eigenvalue weighted by Gasteiger charge is -2.35. The number of benzene rings is 2. The van der Waals surface area contributed by atoms with Crippen molar-refractivity contribution in [3.05, 3.63) is 53.6 Å². The molecule has 0 N–H and O–H groups in total. The van der Waals surface area contributed by atoms with Gasteiger partial charge in [0.1, 0.15) is 23.9 Å². The quantitative estimate of drug-likeness (QED) is 0.542. The van der Waals surface area contributed by atoms with Gasteiger partial charge in [0.15, 0.2) is 0 Å². The van der Waals surface area contributed by atoms with Gasteiger partial charge < -0.3 is 23.8 Å². The fourth-order valence-corrected chi connectivity index (χ4v) is 3.65. The van der Waals surface area contributed by atoms with Gasteiger partial charge in [-0.05, 0) is 37.3 Å². The molecule has 2 aromatic carbocycles. The molecule has 2 aromatic rings. The first-order valence-electron chi connectivity index (χ1n) is 10.7. The number of amides is 1. The molecule has 0 saturated carbocycles. The Morgan fingerprint density at radius 3 is 2.42 bits per heavy atom. The van der Waals surface area contributed by atoms with E-state index >= 15 is 0 Å². The number of carbonyl (C=O) groups is 1. The molecule has 0 radical (unpaired) electrons. The summed E-state index contributed by atoms with van der Waals surface area (Å²) in [6.07, 6.45) is 0. The summed E-state index contributed by atoms with van der Waals surface area (Å²) >= 11 is 0. The molecule has 168 valence electrons. The van der Waals surface area contributed by atoms with Gasteiger partial charge in [0.05, 0.1) is 26.4 Å². The molecule has 1 aliphatic heterocycles. The SMILES string of the molecule is CCOCCOc1ccccc1C(=O)N1CCN(Cc2cc(OC)ccc2OC)CC1. The van der Waals surface area contributed by atoms with E-state index in [1.165, 1.54) is 0 Å². The summed E-state index contributed by atoms with van der Waals surface area (Å²) < 4.78 is 22.0. The average Bonchev–Trinajstić information content (AvgIpc) is 2.82. The Morgan fingerprint density at radius 1 is 0.935 bits per heavy atom. The predicted octanol–water partition coefficient (Wildman–Crippen LogP) is 3.08. The van der Waals surface area contributed by atoms with Crippen molar-refractivity contribution in [2.75, 3.05) is 60.2 Å². The minimum atomic E-state index is 0.00520. The number of hydrogen-bond donors (Lipinski definition) is 0. The molecule has 0 unspecified atom stereocenters. The number of hydrogen-bond acceptors (Lipinski definition) is 6. The number of ether oxygens (including phenoxy) is 4. The van der Waals surface area contributed by atoms with Crippen LogP contribution in [0.2, 0.25) is 0 Å². The van der Waals surface area contributed by atoms with Gasteiger partial charge in [0.25, 0.3) is 5.91 Å². The van der Waals surface area contributed by atoms with E-state index in [2.05, 4.69) is 4.90 Å². The summed E-state index contributed by atoms with van der Waals surface area (Å²) in [5, 5.41) is 0. The van der Waals surface area contributed by atoms with E-state index < -0.39 is 0 Å². The maximum atomic E-state index is 13.1. The van der Waals surface area contributed by atoms with Gasteiger partial charge in [-0.15, -0.1) is 0 Å². The molecule has 0 spiro atoms. The van der Waals surface area contributed by atoms with Crippen molar-refractivity contribution in [1.82, 2.24) is 9.80 Å². The highest BCUT2D eigenvalue weighted by Gasteiger charge is 2.25. The van der Waals surface area contributed by atoms with E-state index in [4.69, 9.17) is 18.9 Å². The third kappa shape index (κ3) is 6.12. The summed E-state index contributed by atoms with van der Waals surface area (Å²) in [7, 11) is 3.34. The zero-order valence-corrected chi connectivity index (χ0v) is 18.6. The topological polar surface area (TPSA) is 60.5 Å². The van der Waals surface area contributed by atoms with Crippen LogP contribution in [0.25, 0.3) is 0 Å². The second kappa shape index (κ2) is 11.6. The van der Waals surface area contributed by atoms with Gasteiger partial charge >= 0.3 is 0 Å². The predicted molar refractivity (Wildman–Crippen MR) is 119 cm³/mol. The van der Waals surface area contributed by atoms with Crippen LogP contribution in [0.5, 0.6) is 17.2 Å². The van der Waals surface area contributed by atoms with Crippen molar-refractivity contribution in [2.24, 2.45) is 0 Å². The number of piperazine rings is 1. The molecule has 7 heteroatoms. The molecule has 1 amide bonds. The van der Waals surface area contributed by atoms with E-state index in [1.807, 2.05) is 54.3 Å². The minimum absolute atomic E-state index is 0.00520. The first-order chi connectivity index (χ1) is 15.2. The number of carbonyl (C=O) groups excluding carboxylic acids is 1. The van der Waals surface area contributed by atoms with E-state index in [0.717, 1.165) is 36.7 Å². The number of para-hydroxylation sites is 1. The van der Waals surface area contributed by atoms with Crippen molar-refractivity contribution in [2.45, 2.75) is 13.5 Å². The van der Waals surface area contributed by atoms with Gasteiger partial charge in [-0.2, -0.15) is 0 Å². The van der Waals surface area contributed by atoms with Crippen LogP contribution >= 0.6 is 0 Å². The molecular formula is C24H32N2O5. The Morgan fingerprint density at radius 2 is 1.71 bits per heavy atom. The highest BCUT2D eigenvalue weighted by atomic mass is 16.5. The van der Waals surface area contributed by atoms with Crippen molar-refractivity contribution >= 4 is 5.91 Å². The molecule has 1 saturated heterocycles. The maximum Gasteiger partial charge on any atom is 0.257 e. The fraction of sp³-hybridized carbons (Fsp3) is 0.458. The summed E-state index contributed by atoms with van der Waals surface area (Å²) in [6, 6.07) is 13.2. The van der Waals surface area contributed by atoms with Crippen molar-refractivity contribution < 1.29 is 23.7 Å². The average molecular weight is 429 g/mol. The van der Waals surface area contributed by atoms with Crippen LogP contribution in [-0.2, 0) is 11.3 Å². The molecule has 1 fully saturated rings. The van der Waals surface area contributed by atoms with Gasteiger partial charge in [-0.3, -0.25) is 9.69 Å². The molecule has 7 nitrogen and oxygen atoms in total. The Kier molecular flexibility index (Phi) is 8.55. The minimum Gasteiger partial charge on any atom is -0.497 e. The van der Waals surface area contributed by atoms with E-state index in [9.17, 15) is 4.79 Å². The maximum absolute atomic E-state index is 13.1. The largest absolute Gasteiger partial charge is 0.497 e. The second-order valence-electron chi connectivity index (χ2n) is 7.29. The first kappa shape index (κ1) is 22.9. The van der Waals surface area contributed by atoms with Crippen molar-refractivity contribution in [3.63, 3.8) is 0 Å². The van der Waals surface area contributed by atoms with E-state index in [-0.39, 0.29) is 5.91 Å². The fourth-order valence-electron chi connectivity index (χ4n) is 3.65. The Balaban J connectivity index is 1.58. The van der Waals surface area contributed by atoms with Gasteiger partial charge in [-0.1, -0.05) is 12.1 Å². The summed E-state index contributed by atoms with van der Waals surface area (Å²) in [4.78, 5) is 17.3. The van der Waals surface area contributed by atoms with Crippen LogP contribution in [0.1, 0.15) is 22.8 Å². The van der Waals surface area contributed by atoms with Crippen molar-refractivity contribution in [1.29, 1.82) is 0 Å². The molecule has 1 heterocycles. The smallest absolute Gasteiger partial charge is 0.257 e. The number of rotatable bonds is 10. The summed E-state index contributed by atoms with van der Waals surface area (Å²) in [5.41, 5.74) is 1.68. The molecule has 0 atom stereocenters. The number of nitrogens with zero attached hydrogens (tertiary/aromatic N) is 2. The van der Waals surface area contributed by atoms with Crippen LogP contribution < -0.4 is 14.2 Å². The molecule has 31 heavy (non-hydrogen) atoms. The Hall–Kier alpha value is -2.77. The normalized spacial score (nSPS) is 14.4. The van der Waals surface area contributed by atoms with Gasteiger partial charge in [-0.25, -0.2) is 0 Å². The van der Waals surface area contributed by atoms with Crippen LogP contribution in [0, 0.1) is 0 Å². The molecule has 0 bridgehead atoms. The zero-order chi connectivity index (χ0) is 22.1. The Bertz CT molecular complexity index is 850. The van der Waals surface area contributed by atoms with E-state index in [0.29, 0.717) is 44.2 Å². The second-order valence-corrected chi connectivity index (χ2v) is 7.29. The van der Waals surface area contributed by atoms with Crippen LogP contribution in [-0.4, -0.2) is 75.9 Å². The van der Waals surface area contributed by atoms with E-state index in [1.54, 1.807) is 14.2 Å². The molecule has 0 aromatic heterocycles. The van der Waals surface area contributed by atoms with Crippen LogP contribution in [0.15, 0.2) is 42.5 Å². The van der Waals surface area contributed by atoms with Crippen LogP contribution in [0.3, 0.4) is 0 Å². The lowest BCUT2D eigenvalue weighted by molar-refractivity contribution is 0.0619. The molecule has 1 aliphatic rings. The molecule has 3 rings (SSSR count). The lowest BCUT2D eigenvalue weighted by atomic mass is 10.1. The van der Waals surface area contributed by atoms with Gasteiger partial charge in [0, 0.05) is 44.9 Å². The zero-order valence-electron chi connectivity index (χ0n) is 18.6. The number of methoxy groups -OCH3 is 2. The summed E-state index contributed by atoms with van der Waals surface area (Å²) in [6.45, 7) is 7.19. The monoisotopic (exact) mass is 428 g/mol. The summed E-state index contributed by atoms with van der Waals surface area (Å²) in [5.74, 6) is 2.27. The third-order valence-electron chi connectivity index (χ3n) is 5.35. The van der Waals surface area contributed by atoms with Crippen LogP contribution in [0.4, 0.5) is 0 Å².